The number of benzene rings is 1. The van der Waals surface area contributed by atoms with Crippen LogP contribution in [0, 0.1) is 5.82 Å². The Kier molecular flexibility index (Phi) is 7.86. The Morgan fingerprint density at radius 2 is 1.65 bits per heavy atom. The lowest BCUT2D eigenvalue weighted by molar-refractivity contribution is 0.0428. The van der Waals surface area contributed by atoms with Crippen LogP contribution in [0.2, 0.25) is 0 Å². The average Bonchev–Trinajstić information content (AvgIpc) is 2.83. The molecule has 4 rings (SSSR count). The van der Waals surface area contributed by atoms with Crippen molar-refractivity contribution < 1.29 is 18.7 Å². The van der Waals surface area contributed by atoms with Crippen LogP contribution >= 0.6 is 0 Å². The molecule has 0 radical (unpaired) electrons. The zero-order valence-electron chi connectivity index (χ0n) is 18.4. The number of piperidine rings is 1. The summed E-state index contributed by atoms with van der Waals surface area (Å²) in [7, 11) is 0. The van der Waals surface area contributed by atoms with Crippen LogP contribution in [-0.4, -0.2) is 99.5 Å². The molecule has 2 amide bonds. The molecule has 0 spiro atoms. The minimum absolute atomic E-state index is 0.0664. The fraction of sp³-hybridized carbons (Fsp3) is 0.696. The van der Waals surface area contributed by atoms with Crippen molar-refractivity contribution in [3.63, 3.8) is 0 Å². The third-order valence-corrected chi connectivity index (χ3v) is 6.43. The Labute approximate surface area is 184 Å². The topological polar surface area (TPSA) is 48.5 Å². The van der Waals surface area contributed by atoms with Crippen molar-refractivity contribution in [3.05, 3.63) is 24.0 Å². The molecule has 0 aromatic heterocycles. The highest BCUT2D eigenvalue weighted by atomic mass is 19.1. The van der Waals surface area contributed by atoms with Gasteiger partial charge in [-0.3, -0.25) is 0 Å². The second kappa shape index (κ2) is 11.0. The monoisotopic (exact) mass is 434 g/mol. The molecule has 0 aliphatic carbocycles. The van der Waals surface area contributed by atoms with E-state index >= 15 is 0 Å². The van der Waals surface area contributed by atoms with Crippen LogP contribution in [0.5, 0.6) is 5.75 Å². The molecule has 31 heavy (non-hydrogen) atoms. The molecular weight excluding hydrogens is 399 g/mol. The van der Waals surface area contributed by atoms with E-state index in [0.29, 0.717) is 70.5 Å². The van der Waals surface area contributed by atoms with Crippen molar-refractivity contribution in [2.45, 2.75) is 25.7 Å². The Morgan fingerprint density at radius 1 is 0.935 bits per heavy atom. The number of ether oxygens (including phenoxy) is 2. The molecule has 0 saturated carbocycles. The highest BCUT2D eigenvalue weighted by molar-refractivity contribution is 5.75. The normalized spacial score (nSPS) is 20.7. The molecule has 3 heterocycles. The number of halogens is 1. The first-order valence-electron chi connectivity index (χ1n) is 11.7. The highest BCUT2D eigenvalue weighted by Gasteiger charge is 2.27. The molecule has 0 unspecified atom stereocenters. The van der Waals surface area contributed by atoms with Gasteiger partial charge in [-0.25, -0.2) is 9.18 Å². The lowest BCUT2D eigenvalue weighted by atomic mass is 10.1. The number of likely N-dealkylation sites (tertiary alicyclic amines) is 1. The molecule has 3 saturated heterocycles. The molecule has 0 N–H and O–H groups in total. The maximum Gasteiger partial charge on any atom is 0.320 e. The van der Waals surface area contributed by atoms with Gasteiger partial charge in [0.2, 0.25) is 0 Å². The zero-order chi connectivity index (χ0) is 21.5. The van der Waals surface area contributed by atoms with Crippen LogP contribution in [0.25, 0.3) is 0 Å². The second-order valence-electron chi connectivity index (χ2n) is 8.57. The number of rotatable bonds is 6. The molecule has 1 aromatic carbocycles. The number of morpholine rings is 1. The van der Waals surface area contributed by atoms with E-state index < -0.39 is 0 Å². The number of urea groups is 1. The van der Waals surface area contributed by atoms with Crippen molar-refractivity contribution >= 4 is 11.7 Å². The zero-order valence-corrected chi connectivity index (χ0v) is 18.4. The van der Waals surface area contributed by atoms with Gasteiger partial charge >= 0.3 is 6.03 Å². The van der Waals surface area contributed by atoms with Gasteiger partial charge in [-0.2, -0.15) is 0 Å². The van der Waals surface area contributed by atoms with Gasteiger partial charge in [0.1, 0.15) is 11.6 Å². The maximum atomic E-state index is 14.7. The number of hydrogen-bond acceptors (Lipinski definition) is 5. The molecule has 7 nitrogen and oxygen atoms in total. The number of anilines is 1. The average molecular weight is 435 g/mol. The lowest BCUT2D eigenvalue weighted by Crippen LogP contribution is -2.55. The summed E-state index contributed by atoms with van der Waals surface area (Å²) in [5.74, 6) is 0.322. The molecule has 1 aromatic rings. The number of hydrogen-bond donors (Lipinski definition) is 0. The van der Waals surface area contributed by atoms with Crippen LogP contribution in [0.4, 0.5) is 14.9 Å². The third kappa shape index (κ3) is 6.01. The molecule has 3 fully saturated rings. The number of carbonyl (C=O) groups is 1. The molecule has 0 bridgehead atoms. The van der Waals surface area contributed by atoms with Crippen molar-refractivity contribution in [1.29, 1.82) is 0 Å². The van der Waals surface area contributed by atoms with Crippen LogP contribution < -0.4 is 9.64 Å². The number of amides is 2. The fourth-order valence-electron chi connectivity index (χ4n) is 4.59. The van der Waals surface area contributed by atoms with Crippen molar-refractivity contribution in [2.75, 3.05) is 83.6 Å². The summed E-state index contributed by atoms with van der Waals surface area (Å²) in [6.45, 7) is 8.99. The molecule has 8 heteroatoms. The van der Waals surface area contributed by atoms with E-state index in [1.54, 1.807) is 6.07 Å². The predicted molar refractivity (Wildman–Crippen MR) is 118 cm³/mol. The first-order chi connectivity index (χ1) is 15.2. The van der Waals surface area contributed by atoms with Gasteiger partial charge in [-0.1, -0.05) is 6.42 Å². The van der Waals surface area contributed by atoms with Gasteiger partial charge in [-0.05, 0) is 44.5 Å². The smallest absolute Gasteiger partial charge is 0.320 e. The van der Waals surface area contributed by atoms with Crippen molar-refractivity contribution in [3.8, 4) is 5.75 Å². The summed E-state index contributed by atoms with van der Waals surface area (Å²) in [6.07, 6.45) is 4.90. The number of piperazine rings is 1. The van der Waals surface area contributed by atoms with E-state index in [1.165, 1.54) is 38.4 Å². The van der Waals surface area contributed by atoms with Crippen LogP contribution in [0.3, 0.4) is 0 Å². The Bertz CT molecular complexity index is 715. The van der Waals surface area contributed by atoms with E-state index in [2.05, 4.69) is 4.90 Å². The Balaban J connectivity index is 1.21. The van der Waals surface area contributed by atoms with E-state index in [4.69, 9.17) is 9.47 Å². The fourth-order valence-corrected chi connectivity index (χ4v) is 4.59. The quantitative estimate of drug-likeness (QED) is 0.645. The summed E-state index contributed by atoms with van der Waals surface area (Å²) in [5, 5.41) is 0. The largest absolute Gasteiger partial charge is 0.493 e. The Hall–Kier alpha value is -2.06. The molecule has 3 aliphatic heterocycles. The summed E-state index contributed by atoms with van der Waals surface area (Å²) >= 11 is 0. The molecule has 3 aliphatic rings. The maximum absolute atomic E-state index is 14.7. The van der Waals surface area contributed by atoms with E-state index in [0.717, 1.165) is 13.0 Å². The summed E-state index contributed by atoms with van der Waals surface area (Å²) in [4.78, 5) is 20.8. The standard InChI is InChI=1S/C23H35FN4O3/c24-21-19-20(31-16-4-9-25-7-2-1-3-8-25)5-6-22(21)26-10-12-27(13-11-26)23(29)28-14-17-30-18-15-28/h5-6,19H,1-4,7-18H2. The van der Waals surface area contributed by atoms with Gasteiger partial charge in [0.05, 0.1) is 25.5 Å². The van der Waals surface area contributed by atoms with Gasteiger partial charge in [-0.15, -0.1) is 0 Å². The van der Waals surface area contributed by atoms with E-state index in [1.807, 2.05) is 20.8 Å². The SMILES string of the molecule is O=C(N1CCOCC1)N1CCN(c2ccc(OCCCN3CCCCC3)cc2F)CC1. The van der Waals surface area contributed by atoms with E-state index in [-0.39, 0.29) is 11.8 Å². The van der Waals surface area contributed by atoms with Crippen LogP contribution in [-0.2, 0) is 4.74 Å². The molecule has 172 valence electrons. The van der Waals surface area contributed by atoms with Gasteiger partial charge in [0, 0.05) is 51.9 Å². The molecule has 0 atom stereocenters. The van der Waals surface area contributed by atoms with Crippen molar-refractivity contribution in [1.82, 2.24) is 14.7 Å². The summed E-state index contributed by atoms with van der Waals surface area (Å²) in [5.41, 5.74) is 0.583. The summed E-state index contributed by atoms with van der Waals surface area (Å²) < 4.78 is 25.8. The second-order valence-corrected chi connectivity index (χ2v) is 8.57. The number of nitrogens with zero attached hydrogens (tertiary/aromatic N) is 4. The first kappa shape index (κ1) is 22.1. The van der Waals surface area contributed by atoms with Gasteiger partial charge in [0.25, 0.3) is 0 Å². The Morgan fingerprint density at radius 3 is 2.35 bits per heavy atom. The van der Waals surface area contributed by atoms with E-state index in [9.17, 15) is 9.18 Å². The minimum Gasteiger partial charge on any atom is -0.493 e. The summed E-state index contributed by atoms with van der Waals surface area (Å²) in [6, 6.07) is 5.21. The van der Waals surface area contributed by atoms with Gasteiger partial charge in [0.15, 0.2) is 0 Å². The van der Waals surface area contributed by atoms with Crippen molar-refractivity contribution in [2.24, 2.45) is 0 Å². The van der Waals surface area contributed by atoms with Gasteiger partial charge < -0.3 is 29.1 Å². The van der Waals surface area contributed by atoms with Crippen LogP contribution in [0.1, 0.15) is 25.7 Å². The highest BCUT2D eigenvalue weighted by Crippen LogP contribution is 2.25. The first-order valence-corrected chi connectivity index (χ1v) is 11.7. The van der Waals surface area contributed by atoms with Crippen LogP contribution in [0.15, 0.2) is 18.2 Å². The minimum atomic E-state index is -0.263. The number of carbonyl (C=O) groups excluding carboxylic acids is 1. The third-order valence-electron chi connectivity index (χ3n) is 6.43. The molecular formula is C23H35FN4O3. The lowest BCUT2D eigenvalue weighted by Gasteiger charge is -2.39. The predicted octanol–water partition coefficient (Wildman–Crippen LogP) is 2.65.